The topological polar surface area (TPSA) is 39.7 Å². The van der Waals surface area contributed by atoms with Crippen molar-refractivity contribution in [3.05, 3.63) is 57.8 Å². The molecule has 1 aliphatic heterocycles. The van der Waals surface area contributed by atoms with E-state index in [4.69, 9.17) is 14.2 Å². The molecule has 2 aromatic carbocycles. The van der Waals surface area contributed by atoms with Crippen molar-refractivity contribution in [3.8, 4) is 5.75 Å². The maximum atomic E-state index is 14.3. The lowest BCUT2D eigenvalue weighted by Crippen LogP contribution is -2.51. The summed E-state index contributed by atoms with van der Waals surface area (Å²) in [5.41, 5.74) is 1.76. The molecular formula is C22H27BrFNO3. The molecule has 6 heteroatoms. The van der Waals surface area contributed by atoms with Crippen LogP contribution in [-0.4, -0.2) is 24.9 Å². The normalized spacial score (nSPS) is 20.6. The molecule has 0 radical (unpaired) electrons. The highest BCUT2D eigenvalue weighted by Crippen LogP contribution is 2.45. The third-order valence-corrected chi connectivity index (χ3v) is 5.28. The quantitative estimate of drug-likeness (QED) is 0.597. The summed E-state index contributed by atoms with van der Waals surface area (Å²) in [6.07, 6.45) is -0.733. The van der Waals surface area contributed by atoms with Crippen molar-refractivity contribution in [1.29, 1.82) is 0 Å². The molecule has 0 aromatic heterocycles. The van der Waals surface area contributed by atoms with Gasteiger partial charge < -0.3 is 19.5 Å². The van der Waals surface area contributed by atoms with E-state index in [0.717, 1.165) is 17.0 Å². The number of fused-ring (bicyclic) bond motifs is 1. The van der Waals surface area contributed by atoms with E-state index in [1.54, 1.807) is 12.1 Å². The smallest absolute Gasteiger partial charge is 0.132 e. The molecule has 1 heterocycles. The lowest BCUT2D eigenvalue weighted by molar-refractivity contribution is -0.177. The first-order valence-corrected chi connectivity index (χ1v) is 10.2. The van der Waals surface area contributed by atoms with Crippen LogP contribution in [0.15, 0.2) is 40.9 Å². The van der Waals surface area contributed by atoms with Crippen molar-refractivity contribution in [2.75, 3.05) is 12.4 Å². The van der Waals surface area contributed by atoms with Crippen molar-refractivity contribution in [2.45, 2.75) is 58.2 Å². The van der Waals surface area contributed by atoms with Gasteiger partial charge in [0.15, 0.2) is 0 Å². The van der Waals surface area contributed by atoms with Gasteiger partial charge in [0.25, 0.3) is 0 Å². The van der Waals surface area contributed by atoms with Gasteiger partial charge in [0.1, 0.15) is 29.4 Å². The molecule has 1 N–H and O–H groups in total. The summed E-state index contributed by atoms with van der Waals surface area (Å²) < 4.78 is 33.7. The van der Waals surface area contributed by atoms with Crippen LogP contribution in [0.5, 0.6) is 5.75 Å². The number of rotatable bonds is 6. The maximum Gasteiger partial charge on any atom is 0.132 e. The number of nitrogens with one attached hydrogen (secondary N) is 1. The second-order valence-corrected chi connectivity index (χ2v) is 8.70. The fourth-order valence-electron chi connectivity index (χ4n) is 3.43. The molecule has 152 valence electrons. The predicted molar refractivity (Wildman–Crippen MR) is 112 cm³/mol. The zero-order chi connectivity index (χ0) is 20.5. The van der Waals surface area contributed by atoms with Crippen LogP contribution in [0.1, 0.15) is 44.9 Å². The van der Waals surface area contributed by atoms with Crippen LogP contribution in [0, 0.1) is 5.82 Å². The second-order valence-electron chi connectivity index (χ2n) is 7.78. The van der Waals surface area contributed by atoms with E-state index >= 15 is 0 Å². The van der Waals surface area contributed by atoms with Gasteiger partial charge in [-0.15, -0.1) is 0 Å². The molecular weight excluding hydrogens is 425 g/mol. The van der Waals surface area contributed by atoms with E-state index in [1.165, 1.54) is 6.07 Å². The zero-order valence-corrected chi connectivity index (χ0v) is 18.5. The molecule has 0 aliphatic carbocycles. The minimum absolute atomic E-state index is 0.000471. The fraction of sp³-hybridized carbons (Fsp3) is 0.455. The van der Waals surface area contributed by atoms with Gasteiger partial charge in [-0.25, -0.2) is 4.39 Å². The molecule has 2 aromatic rings. The Bertz CT molecular complexity index is 841. The lowest BCUT2D eigenvalue weighted by atomic mass is 9.87. The highest BCUT2D eigenvalue weighted by molar-refractivity contribution is 9.10. The van der Waals surface area contributed by atoms with E-state index < -0.39 is 11.7 Å². The van der Waals surface area contributed by atoms with Gasteiger partial charge in [-0.3, -0.25) is 0 Å². The summed E-state index contributed by atoms with van der Waals surface area (Å²) in [6, 6.07) is 10.9. The number of ether oxygens (including phenoxy) is 3. The van der Waals surface area contributed by atoms with Crippen molar-refractivity contribution in [1.82, 2.24) is 0 Å². The zero-order valence-electron chi connectivity index (χ0n) is 16.9. The van der Waals surface area contributed by atoms with Gasteiger partial charge in [-0.2, -0.15) is 0 Å². The van der Waals surface area contributed by atoms with Crippen LogP contribution in [0.25, 0.3) is 0 Å². The molecule has 0 saturated carbocycles. The Morgan fingerprint density at radius 3 is 2.61 bits per heavy atom. The van der Waals surface area contributed by atoms with Crippen molar-refractivity contribution in [3.63, 3.8) is 0 Å². The molecule has 0 bridgehead atoms. The molecule has 4 nitrogen and oxygen atoms in total. The summed E-state index contributed by atoms with van der Waals surface area (Å²) in [5, 5.41) is 3.15. The third kappa shape index (κ3) is 4.50. The maximum absolute atomic E-state index is 14.3. The van der Waals surface area contributed by atoms with Crippen LogP contribution >= 0.6 is 15.9 Å². The summed E-state index contributed by atoms with van der Waals surface area (Å²) >= 11 is 3.28. The first-order valence-electron chi connectivity index (χ1n) is 9.43. The van der Waals surface area contributed by atoms with Gasteiger partial charge >= 0.3 is 0 Å². The molecule has 0 fully saturated rings. The van der Waals surface area contributed by atoms with E-state index in [2.05, 4.69) is 21.2 Å². The Morgan fingerprint density at radius 1 is 1.21 bits per heavy atom. The molecule has 0 amide bonds. The van der Waals surface area contributed by atoms with Crippen LogP contribution in [0.4, 0.5) is 10.1 Å². The fourth-order valence-corrected chi connectivity index (χ4v) is 3.77. The molecule has 2 atom stereocenters. The Morgan fingerprint density at radius 2 is 1.96 bits per heavy atom. The van der Waals surface area contributed by atoms with Crippen LogP contribution in [0.3, 0.4) is 0 Å². The van der Waals surface area contributed by atoms with Gasteiger partial charge in [-0.05, 0) is 58.0 Å². The third-order valence-electron chi connectivity index (χ3n) is 4.79. The van der Waals surface area contributed by atoms with E-state index in [0.29, 0.717) is 10.0 Å². The van der Waals surface area contributed by atoms with E-state index in [9.17, 15) is 4.39 Å². The molecule has 3 rings (SSSR count). The van der Waals surface area contributed by atoms with E-state index in [1.807, 2.05) is 52.9 Å². The first kappa shape index (κ1) is 21.1. The summed E-state index contributed by atoms with van der Waals surface area (Å²) in [6.45, 7) is 8.07. The second kappa shape index (κ2) is 8.39. The highest BCUT2D eigenvalue weighted by atomic mass is 79.9. The monoisotopic (exact) mass is 451 g/mol. The standard InChI is InChI=1S/C22H27BrFNO3/c1-13(2)27-20-17-11-16(25-5)8-9-19(17)28-22(3,4)21(20)26-12-14-6-7-15(23)10-18(14)24/h6-11,13,20-21,25H,12H2,1-5H3. The minimum atomic E-state index is -0.639. The van der Waals surface area contributed by atoms with Crippen LogP contribution in [0.2, 0.25) is 0 Å². The molecule has 1 aliphatic rings. The Labute approximate surface area is 174 Å². The lowest BCUT2D eigenvalue weighted by Gasteiger charge is -2.45. The Hall–Kier alpha value is -1.63. The highest BCUT2D eigenvalue weighted by Gasteiger charge is 2.46. The number of hydrogen-bond donors (Lipinski definition) is 1. The van der Waals surface area contributed by atoms with Crippen LogP contribution in [-0.2, 0) is 16.1 Å². The minimum Gasteiger partial charge on any atom is -0.485 e. The summed E-state index contributed by atoms with van der Waals surface area (Å²) in [5.74, 6) is 0.479. The molecule has 2 unspecified atom stereocenters. The van der Waals surface area contributed by atoms with Crippen molar-refractivity contribution in [2.24, 2.45) is 0 Å². The van der Waals surface area contributed by atoms with Gasteiger partial charge in [0, 0.05) is 28.3 Å². The SMILES string of the molecule is CNc1ccc2c(c1)C(OC(C)C)C(OCc1ccc(Br)cc1F)C(C)(C)O2. The van der Waals surface area contributed by atoms with Crippen molar-refractivity contribution >= 4 is 21.6 Å². The van der Waals surface area contributed by atoms with Gasteiger partial charge in [-0.1, -0.05) is 22.0 Å². The number of benzene rings is 2. The van der Waals surface area contributed by atoms with Crippen molar-refractivity contribution < 1.29 is 18.6 Å². The average molecular weight is 452 g/mol. The number of halogens is 2. The molecule has 0 saturated heterocycles. The van der Waals surface area contributed by atoms with E-state index in [-0.39, 0.29) is 24.6 Å². The predicted octanol–water partition coefficient (Wildman–Crippen LogP) is 5.85. The van der Waals surface area contributed by atoms with Crippen LogP contribution < -0.4 is 10.1 Å². The average Bonchev–Trinajstić information content (AvgIpc) is 2.61. The molecule has 0 spiro atoms. The number of hydrogen-bond acceptors (Lipinski definition) is 4. The Balaban J connectivity index is 1.93. The Kier molecular flexibility index (Phi) is 6.32. The summed E-state index contributed by atoms with van der Waals surface area (Å²) in [7, 11) is 1.87. The first-order chi connectivity index (χ1) is 13.2. The van der Waals surface area contributed by atoms with Gasteiger partial charge in [0.2, 0.25) is 0 Å². The van der Waals surface area contributed by atoms with Gasteiger partial charge in [0.05, 0.1) is 12.7 Å². The number of anilines is 1. The summed E-state index contributed by atoms with van der Waals surface area (Å²) in [4.78, 5) is 0. The largest absolute Gasteiger partial charge is 0.485 e. The molecule has 28 heavy (non-hydrogen) atoms.